The van der Waals surface area contributed by atoms with E-state index in [1.54, 1.807) is 20.8 Å². The van der Waals surface area contributed by atoms with E-state index in [1.807, 2.05) is 0 Å². The summed E-state index contributed by atoms with van der Waals surface area (Å²) in [7, 11) is 0. The number of nitrogens with one attached hydrogen (secondary N) is 1. The second-order valence-corrected chi connectivity index (χ2v) is 3.26. The summed E-state index contributed by atoms with van der Waals surface area (Å²) in [6, 6.07) is -0.844. The standard InChI is InChI=1S/C9H17NO4/c1-4-14-5-7(11)10-8(6(2)3)9(12)13/h6,8H,4-5H2,1-3H3,(H,10,11)(H,12,13)/t8-/m1/s1. The van der Waals surface area contributed by atoms with Crippen molar-refractivity contribution in [2.24, 2.45) is 5.92 Å². The number of hydrogen-bond donors (Lipinski definition) is 2. The van der Waals surface area contributed by atoms with Gasteiger partial charge in [-0.15, -0.1) is 0 Å². The molecule has 0 rings (SSSR count). The van der Waals surface area contributed by atoms with Crippen molar-refractivity contribution >= 4 is 11.9 Å². The first-order valence-corrected chi connectivity index (χ1v) is 4.59. The van der Waals surface area contributed by atoms with Crippen molar-refractivity contribution in [2.75, 3.05) is 13.2 Å². The molecule has 0 aliphatic rings. The van der Waals surface area contributed by atoms with Crippen molar-refractivity contribution < 1.29 is 19.4 Å². The fourth-order valence-corrected chi connectivity index (χ4v) is 0.923. The second kappa shape index (κ2) is 6.37. The highest BCUT2D eigenvalue weighted by molar-refractivity contribution is 5.84. The van der Waals surface area contributed by atoms with Gasteiger partial charge in [0.25, 0.3) is 0 Å². The first kappa shape index (κ1) is 12.9. The Bertz CT molecular complexity index is 203. The van der Waals surface area contributed by atoms with Crippen LogP contribution in [0.1, 0.15) is 20.8 Å². The SMILES string of the molecule is CCOCC(=O)N[C@@H](C(=O)O)C(C)C. The first-order chi connectivity index (χ1) is 6.49. The number of carboxylic acid groups (broad SMARTS) is 1. The third-order valence-corrected chi connectivity index (χ3v) is 1.69. The molecule has 0 aromatic rings. The van der Waals surface area contributed by atoms with Gasteiger partial charge in [-0.05, 0) is 12.8 Å². The molecule has 1 atom stereocenters. The van der Waals surface area contributed by atoms with E-state index in [4.69, 9.17) is 9.84 Å². The summed E-state index contributed by atoms with van der Waals surface area (Å²) >= 11 is 0. The molecule has 0 spiro atoms. The predicted molar refractivity (Wildman–Crippen MR) is 50.9 cm³/mol. The summed E-state index contributed by atoms with van der Waals surface area (Å²) in [5.41, 5.74) is 0. The molecule has 5 heteroatoms. The van der Waals surface area contributed by atoms with Gasteiger partial charge in [-0.25, -0.2) is 4.79 Å². The van der Waals surface area contributed by atoms with Gasteiger partial charge in [0, 0.05) is 6.61 Å². The number of carbonyl (C=O) groups excluding carboxylic acids is 1. The minimum atomic E-state index is -1.02. The average molecular weight is 203 g/mol. The summed E-state index contributed by atoms with van der Waals surface area (Å²) in [6.07, 6.45) is 0. The molecule has 0 bridgehead atoms. The highest BCUT2D eigenvalue weighted by Crippen LogP contribution is 2.01. The Hall–Kier alpha value is -1.10. The van der Waals surface area contributed by atoms with Gasteiger partial charge < -0.3 is 15.2 Å². The second-order valence-electron chi connectivity index (χ2n) is 3.26. The van der Waals surface area contributed by atoms with Crippen molar-refractivity contribution in [1.29, 1.82) is 0 Å². The monoisotopic (exact) mass is 203 g/mol. The number of ether oxygens (including phenoxy) is 1. The molecule has 5 nitrogen and oxygen atoms in total. The molecule has 0 heterocycles. The third kappa shape index (κ3) is 4.81. The summed E-state index contributed by atoms with van der Waals surface area (Å²) in [6.45, 7) is 5.59. The van der Waals surface area contributed by atoms with Crippen molar-refractivity contribution in [3.63, 3.8) is 0 Å². The van der Waals surface area contributed by atoms with E-state index < -0.39 is 17.9 Å². The van der Waals surface area contributed by atoms with Crippen LogP contribution in [0.15, 0.2) is 0 Å². The number of rotatable bonds is 6. The molecule has 82 valence electrons. The molecular formula is C9H17NO4. The van der Waals surface area contributed by atoms with Gasteiger partial charge in [0.05, 0.1) is 0 Å². The molecule has 0 aromatic carbocycles. The average Bonchev–Trinajstić information content (AvgIpc) is 2.09. The largest absolute Gasteiger partial charge is 0.480 e. The molecule has 0 unspecified atom stereocenters. The maximum atomic E-state index is 11.1. The Kier molecular flexibility index (Phi) is 5.87. The Morgan fingerprint density at radius 2 is 2.00 bits per heavy atom. The Balaban J connectivity index is 4.04. The van der Waals surface area contributed by atoms with E-state index in [9.17, 15) is 9.59 Å². The van der Waals surface area contributed by atoms with E-state index in [1.165, 1.54) is 0 Å². The highest BCUT2D eigenvalue weighted by atomic mass is 16.5. The normalized spacial score (nSPS) is 12.6. The molecule has 0 radical (unpaired) electrons. The summed E-state index contributed by atoms with van der Waals surface area (Å²) in [4.78, 5) is 21.8. The van der Waals surface area contributed by atoms with Gasteiger partial charge in [-0.1, -0.05) is 13.8 Å². The molecule has 1 amide bonds. The lowest BCUT2D eigenvalue weighted by Gasteiger charge is -2.17. The van der Waals surface area contributed by atoms with E-state index in [0.717, 1.165) is 0 Å². The van der Waals surface area contributed by atoms with Gasteiger partial charge >= 0.3 is 5.97 Å². The number of aliphatic carboxylic acids is 1. The van der Waals surface area contributed by atoms with Crippen molar-refractivity contribution in [3.8, 4) is 0 Å². The Morgan fingerprint density at radius 1 is 1.43 bits per heavy atom. The first-order valence-electron chi connectivity index (χ1n) is 4.59. The maximum Gasteiger partial charge on any atom is 0.326 e. The Morgan fingerprint density at radius 3 is 2.36 bits per heavy atom. The van der Waals surface area contributed by atoms with Crippen LogP contribution in [0.3, 0.4) is 0 Å². The van der Waals surface area contributed by atoms with Crippen LogP contribution >= 0.6 is 0 Å². The topological polar surface area (TPSA) is 75.6 Å². The summed E-state index contributed by atoms with van der Waals surface area (Å²) < 4.78 is 4.85. The van der Waals surface area contributed by atoms with Crippen LogP contribution in [0.2, 0.25) is 0 Å². The van der Waals surface area contributed by atoms with Gasteiger partial charge in [-0.2, -0.15) is 0 Å². The Labute approximate surface area is 83.4 Å². The number of amides is 1. The molecule has 0 fully saturated rings. The zero-order valence-corrected chi connectivity index (χ0v) is 8.74. The molecule has 0 aromatic heterocycles. The lowest BCUT2D eigenvalue weighted by atomic mass is 10.1. The maximum absolute atomic E-state index is 11.1. The minimum absolute atomic E-state index is 0.0903. The van der Waals surface area contributed by atoms with E-state index in [-0.39, 0.29) is 12.5 Å². The molecule has 0 saturated carbocycles. The number of carboxylic acids is 1. The highest BCUT2D eigenvalue weighted by Gasteiger charge is 2.22. The molecular weight excluding hydrogens is 186 g/mol. The van der Waals surface area contributed by atoms with Gasteiger partial charge in [0.1, 0.15) is 12.6 Å². The van der Waals surface area contributed by atoms with E-state index in [0.29, 0.717) is 6.61 Å². The molecule has 14 heavy (non-hydrogen) atoms. The number of hydrogen-bond acceptors (Lipinski definition) is 3. The van der Waals surface area contributed by atoms with E-state index >= 15 is 0 Å². The van der Waals surface area contributed by atoms with Gasteiger partial charge in [0.2, 0.25) is 5.91 Å². The smallest absolute Gasteiger partial charge is 0.326 e. The van der Waals surface area contributed by atoms with Crippen molar-refractivity contribution in [2.45, 2.75) is 26.8 Å². The molecule has 2 N–H and O–H groups in total. The minimum Gasteiger partial charge on any atom is -0.480 e. The van der Waals surface area contributed by atoms with Crippen LogP contribution < -0.4 is 5.32 Å². The van der Waals surface area contributed by atoms with E-state index in [2.05, 4.69) is 5.32 Å². The van der Waals surface area contributed by atoms with Gasteiger partial charge in [0.15, 0.2) is 0 Å². The fraction of sp³-hybridized carbons (Fsp3) is 0.778. The van der Waals surface area contributed by atoms with Crippen LogP contribution in [-0.4, -0.2) is 36.2 Å². The lowest BCUT2D eigenvalue weighted by Crippen LogP contribution is -2.45. The van der Waals surface area contributed by atoms with Crippen molar-refractivity contribution in [3.05, 3.63) is 0 Å². The molecule has 0 saturated heterocycles. The van der Waals surface area contributed by atoms with Crippen LogP contribution in [0, 0.1) is 5.92 Å². The molecule has 0 aliphatic carbocycles. The third-order valence-electron chi connectivity index (χ3n) is 1.69. The van der Waals surface area contributed by atoms with Crippen LogP contribution in [0.5, 0.6) is 0 Å². The van der Waals surface area contributed by atoms with Gasteiger partial charge in [-0.3, -0.25) is 4.79 Å². The van der Waals surface area contributed by atoms with Crippen molar-refractivity contribution in [1.82, 2.24) is 5.32 Å². The number of carbonyl (C=O) groups is 2. The molecule has 0 aliphatic heterocycles. The van der Waals surface area contributed by atoms with Crippen LogP contribution in [-0.2, 0) is 14.3 Å². The quantitative estimate of drug-likeness (QED) is 0.648. The zero-order valence-electron chi connectivity index (χ0n) is 8.74. The van der Waals surface area contributed by atoms with Crippen LogP contribution in [0.25, 0.3) is 0 Å². The zero-order chi connectivity index (χ0) is 11.1. The predicted octanol–water partition coefficient (Wildman–Crippen LogP) is 0.248. The fourth-order valence-electron chi connectivity index (χ4n) is 0.923. The summed E-state index contributed by atoms with van der Waals surface area (Å²) in [5, 5.41) is 11.1. The summed E-state index contributed by atoms with van der Waals surface area (Å²) in [5.74, 6) is -1.56. The lowest BCUT2D eigenvalue weighted by molar-refractivity contribution is -0.143. The van der Waals surface area contributed by atoms with Crippen LogP contribution in [0.4, 0.5) is 0 Å².